The number of likely N-dealkylation sites (tertiary alicyclic amines) is 1. The molecular weight excluding hydrogens is 510 g/mol. The van der Waals surface area contributed by atoms with Gasteiger partial charge in [0.2, 0.25) is 0 Å². The molecule has 40 heavy (non-hydrogen) atoms. The molecule has 1 saturated heterocycles. The number of ether oxygens (including phenoxy) is 2. The summed E-state index contributed by atoms with van der Waals surface area (Å²) in [5.74, 6) is -2.94. The highest BCUT2D eigenvalue weighted by Crippen LogP contribution is 2.42. The topological polar surface area (TPSA) is 111 Å². The van der Waals surface area contributed by atoms with E-state index in [2.05, 4.69) is 9.89 Å². The van der Waals surface area contributed by atoms with Crippen LogP contribution in [0.2, 0.25) is 0 Å². The molecule has 0 radical (unpaired) electrons. The highest BCUT2D eigenvalue weighted by Gasteiger charge is 2.43. The van der Waals surface area contributed by atoms with Crippen molar-refractivity contribution < 1.29 is 24.0 Å². The molecule has 2 aliphatic heterocycles. The van der Waals surface area contributed by atoms with Crippen LogP contribution in [0.25, 0.3) is 0 Å². The number of piperidine rings is 1. The van der Waals surface area contributed by atoms with Crippen LogP contribution in [0.4, 0.5) is 5.69 Å². The molecule has 0 bridgehead atoms. The van der Waals surface area contributed by atoms with Crippen LogP contribution in [0.15, 0.2) is 70.9 Å². The van der Waals surface area contributed by atoms with E-state index < -0.39 is 34.8 Å². The molecule has 4 rings (SSSR count). The van der Waals surface area contributed by atoms with E-state index in [0.717, 1.165) is 31.5 Å². The Labute approximate surface area is 235 Å². The van der Waals surface area contributed by atoms with Crippen molar-refractivity contribution in [3.05, 3.63) is 87.1 Å². The van der Waals surface area contributed by atoms with E-state index in [4.69, 9.17) is 9.47 Å². The number of esters is 2. The van der Waals surface area contributed by atoms with Gasteiger partial charge in [-0.25, -0.2) is 4.79 Å². The number of rotatable bonds is 9. The highest BCUT2D eigenvalue weighted by molar-refractivity contribution is 6.07. The van der Waals surface area contributed by atoms with Gasteiger partial charge in [-0.05, 0) is 64.8 Å². The number of non-ortho nitro benzene ring substituents is 1. The van der Waals surface area contributed by atoms with Gasteiger partial charge in [0.05, 0.1) is 16.6 Å². The first-order chi connectivity index (χ1) is 19.2. The zero-order valence-corrected chi connectivity index (χ0v) is 23.5. The number of allylic oxidation sites excluding steroid dienone is 1. The number of nitro benzene ring substituents is 1. The van der Waals surface area contributed by atoms with Crippen molar-refractivity contribution in [3.8, 4) is 0 Å². The lowest BCUT2D eigenvalue weighted by atomic mass is 9.75. The predicted octanol–water partition coefficient (Wildman–Crippen LogP) is 5.77. The molecular formula is C31H37N3O6. The van der Waals surface area contributed by atoms with E-state index in [-0.39, 0.29) is 17.4 Å². The van der Waals surface area contributed by atoms with Gasteiger partial charge in [0, 0.05) is 36.0 Å². The summed E-state index contributed by atoms with van der Waals surface area (Å²) in [5.41, 5.74) is 2.29. The fourth-order valence-electron chi connectivity index (χ4n) is 5.55. The SMILES string of the molecule is CC1=NC(C)=C(C(=O)OC(CN2CCCCC2)c2ccccc2)C(c2cccc([N+](=O)[O-])c2)C1C(=O)OC(C)C. The Morgan fingerprint density at radius 3 is 2.38 bits per heavy atom. The normalized spacial score (nSPS) is 20.6. The number of hydrogen-bond donors (Lipinski definition) is 0. The van der Waals surface area contributed by atoms with Crippen molar-refractivity contribution in [2.45, 2.75) is 65.1 Å². The average Bonchev–Trinajstić information content (AvgIpc) is 2.92. The van der Waals surface area contributed by atoms with Crippen LogP contribution < -0.4 is 0 Å². The van der Waals surface area contributed by atoms with Crippen LogP contribution >= 0.6 is 0 Å². The van der Waals surface area contributed by atoms with Gasteiger partial charge in [-0.1, -0.05) is 48.9 Å². The summed E-state index contributed by atoms with van der Waals surface area (Å²) >= 11 is 0. The third-order valence-corrected chi connectivity index (χ3v) is 7.39. The van der Waals surface area contributed by atoms with E-state index in [1.165, 1.54) is 18.6 Å². The van der Waals surface area contributed by atoms with Gasteiger partial charge in [0.1, 0.15) is 12.0 Å². The molecule has 0 N–H and O–H groups in total. The smallest absolute Gasteiger partial charge is 0.337 e. The van der Waals surface area contributed by atoms with Crippen LogP contribution in [-0.4, -0.2) is 53.2 Å². The summed E-state index contributed by atoms with van der Waals surface area (Å²) in [6, 6.07) is 15.6. The second-order valence-corrected chi connectivity index (χ2v) is 10.7. The maximum absolute atomic E-state index is 14.1. The number of carbonyl (C=O) groups excluding carboxylic acids is 2. The van der Waals surface area contributed by atoms with Gasteiger partial charge >= 0.3 is 11.9 Å². The molecule has 212 valence electrons. The van der Waals surface area contributed by atoms with Crippen LogP contribution in [0.5, 0.6) is 0 Å². The van der Waals surface area contributed by atoms with Crippen LogP contribution in [0.1, 0.15) is 70.1 Å². The average molecular weight is 548 g/mol. The van der Waals surface area contributed by atoms with Crippen LogP contribution in [-0.2, 0) is 19.1 Å². The van der Waals surface area contributed by atoms with E-state index in [9.17, 15) is 19.7 Å². The first-order valence-electron chi connectivity index (χ1n) is 13.8. The summed E-state index contributed by atoms with van der Waals surface area (Å²) in [4.78, 5) is 45.5. The molecule has 9 heteroatoms. The van der Waals surface area contributed by atoms with Crippen molar-refractivity contribution in [3.63, 3.8) is 0 Å². The molecule has 3 atom stereocenters. The molecule has 0 amide bonds. The Balaban J connectivity index is 1.75. The number of benzene rings is 2. The molecule has 2 aromatic carbocycles. The summed E-state index contributed by atoms with van der Waals surface area (Å²) in [7, 11) is 0. The van der Waals surface area contributed by atoms with E-state index >= 15 is 0 Å². The monoisotopic (exact) mass is 547 g/mol. The molecule has 0 saturated carbocycles. The molecule has 0 spiro atoms. The zero-order chi connectivity index (χ0) is 28.8. The summed E-state index contributed by atoms with van der Waals surface area (Å²) in [5, 5.41) is 11.6. The second kappa shape index (κ2) is 13.0. The Hall–Kier alpha value is -3.85. The summed E-state index contributed by atoms with van der Waals surface area (Å²) < 4.78 is 11.8. The maximum atomic E-state index is 14.1. The lowest BCUT2D eigenvalue weighted by molar-refractivity contribution is -0.384. The zero-order valence-electron chi connectivity index (χ0n) is 23.5. The first-order valence-corrected chi connectivity index (χ1v) is 13.8. The molecule has 3 unspecified atom stereocenters. The Kier molecular flexibility index (Phi) is 9.47. The number of nitrogens with zero attached hydrogens (tertiary/aromatic N) is 3. The summed E-state index contributed by atoms with van der Waals surface area (Å²) in [6.45, 7) is 9.33. The van der Waals surface area contributed by atoms with E-state index in [1.807, 2.05) is 30.3 Å². The first kappa shape index (κ1) is 29.1. The highest BCUT2D eigenvalue weighted by atomic mass is 16.6. The van der Waals surface area contributed by atoms with Crippen LogP contribution in [0.3, 0.4) is 0 Å². The van der Waals surface area contributed by atoms with Gasteiger partial charge < -0.3 is 9.47 Å². The minimum atomic E-state index is -0.937. The van der Waals surface area contributed by atoms with Crippen molar-refractivity contribution in [2.24, 2.45) is 10.9 Å². The Morgan fingerprint density at radius 2 is 1.73 bits per heavy atom. The standard InChI is InChI=1S/C31H37N3O6/c1-20(2)39-30(35)27-21(3)32-22(4)28(29(27)24-14-11-15-25(18-24)34(37)38)31(36)40-26(23-12-7-5-8-13-23)19-33-16-9-6-10-17-33/h5,7-8,11-15,18,20,26-27,29H,6,9-10,16-17,19H2,1-4H3. The van der Waals surface area contributed by atoms with Gasteiger partial charge in [0.15, 0.2) is 0 Å². The van der Waals surface area contributed by atoms with E-state index in [0.29, 0.717) is 23.5 Å². The lowest BCUT2D eigenvalue weighted by Crippen LogP contribution is -2.38. The van der Waals surface area contributed by atoms with Crippen molar-refractivity contribution in [1.29, 1.82) is 0 Å². The van der Waals surface area contributed by atoms with Crippen molar-refractivity contribution >= 4 is 23.3 Å². The number of hydrogen-bond acceptors (Lipinski definition) is 8. The quantitative estimate of drug-likeness (QED) is 0.223. The van der Waals surface area contributed by atoms with Crippen LogP contribution in [0, 0.1) is 16.0 Å². The molecule has 2 heterocycles. The van der Waals surface area contributed by atoms with Gasteiger partial charge in [-0.2, -0.15) is 0 Å². The van der Waals surface area contributed by atoms with Crippen molar-refractivity contribution in [2.75, 3.05) is 19.6 Å². The number of carbonyl (C=O) groups is 2. The van der Waals surface area contributed by atoms with Gasteiger partial charge in [0.25, 0.3) is 5.69 Å². The number of nitro groups is 1. The van der Waals surface area contributed by atoms with Gasteiger partial charge in [-0.3, -0.25) is 24.8 Å². The molecule has 9 nitrogen and oxygen atoms in total. The molecule has 0 aliphatic carbocycles. The fourth-order valence-corrected chi connectivity index (χ4v) is 5.55. The second-order valence-electron chi connectivity index (χ2n) is 10.7. The number of aliphatic imine (C=N–C) groups is 1. The molecule has 2 aromatic rings. The predicted molar refractivity (Wildman–Crippen MR) is 152 cm³/mol. The molecule has 2 aliphatic rings. The minimum Gasteiger partial charge on any atom is -0.462 e. The molecule has 0 aromatic heterocycles. The van der Waals surface area contributed by atoms with Crippen molar-refractivity contribution in [1.82, 2.24) is 4.90 Å². The van der Waals surface area contributed by atoms with E-state index in [1.54, 1.807) is 39.8 Å². The third-order valence-electron chi connectivity index (χ3n) is 7.39. The Bertz CT molecular complexity index is 1300. The summed E-state index contributed by atoms with van der Waals surface area (Å²) in [6.07, 6.45) is 2.46. The molecule has 1 fully saturated rings. The fraction of sp³-hybridized carbons (Fsp3) is 0.452. The lowest BCUT2D eigenvalue weighted by Gasteiger charge is -2.34. The third kappa shape index (κ3) is 6.83. The largest absolute Gasteiger partial charge is 0.462 e. The van der Waals surface area contributed by atoms with Gasteiger partial charge in [-0.15, -0.1) is 0 Å². The Morgan fingerprint density at radius 1 is 1.02 bits per heavy atom. The maximum Gasteiger partial charge on any atom is 0.337 e. The minimum absolute atomic E-state index is 0.133.